The number of fused-ring (bicyclic) bond motifs is 1. The Hall–Kier alpha value is -2.42. The highest BCUT2D eigenvalue weighted by Gasteiger charge is 2.43. The third-order valence-corrected chi connectivity index (χ3v) is 7.46. The van der Waals surface area contributed by atoms with E-state index in [1.165, 1.54) is 11.6 Å². The maximum Gasteiger partial charge on any atom is 0.223 e. The summed E-state index contributed by atoms with van der Waals surface area (Å²) in [4.78, 5) is 23.9. The number of halogens is 1. The van der Waals surface area contributed by atoms with Gasteiger partial charge in [-0.1, -0.05) is 0 Å². The molecule has 3 N–H and O–H groups in total. The molecule has 4 heterocycles. The zero-order valence-corrected chi connectivity index (χ0v) is 19.1. The summed E-state index contributed by atoms with van der Waals surface area (Å²) < 4.78 is 14.0. The molecule has 0 bridgehead atoms. The molecule has 0 radical (unpaired) electrons. The quantitative estimate of drug-likeness (QED) is 0.647. The number of nitrogens with zero attached hydrogens (tertiary/aromatic N) is 3. The fourth-order valence-corrected chi connectivity index (χ4v) is 5.77. The fourth-order valence-electron chi connectivity index (χ4n) is 5.77. The molecule has 3 aliphatic rings. The second-order valence-electron chi connectivity index (χ2n) is 9.79. The van der Waals surface area contributed by atoms with Gasteiger partial charge in [0.2, 0.25) is 5.91 Å². The lowest BCUT2D eigenvalue weighted by atomic mass is 9.74. The third-order valence-electron chi connectivity index (χ3n) is 7.46. The zero-order chi connectivity index (χ0) is 22.8. The molecule has 2 aliphatic heterocycles. The Morgan fingerprint density at radius 2 is 2.12 bits per heavy atom. The highest BCUT2D eigenvalue weighted by Crippen LogP contribution is 2.40. The SMILES string of the molecule is Cc1cc(C2NNC3CCC(C(=O)N[C@@H]4CCCN(Cc5ncccc5F)C4)CC32)ccn1. The molecule has 33 heavy (non-hydrogen) atoms. The summed E-state index contributed by atoms with van der Waals surface area (Å²) >= 11 is 0. The normalized spacial score (nSPS) is 30.1. The van der Waals surface area contributed by atoms with Crippen LogP contribution < -0.4 is 16.2 Å². The van der Waals surface area contributed by atoms with Crippen LogP contribution >= 0.6 is 0 Å². The smallest absolute Gasteiger partial charge is 0.223 e. The van der Waals surface area contributed by atoms with Crippen LogP contribution in [0.4, 0.5) is 4.39 Å². The summed E-state index contributed by atoms with van der Waals surface area (Å²) in [5.41, 5.74) is 9.63. The highest BCUT2D eigenvalue weighted by atomic mass is 19.1. The molecule has 7 nitrogen and oxygen atoms in total. The highest BCUT2D eigenvalue weighted by molar-refractivity contribution is 5.79. The van der Waals surface area contributed by atoms with E-state index in [0.29, 0.717) is 24.2 Å². The van der Waals surface area contributed by atoms with Gasteiger partial charge in [-0.15, -0.1) is 0 Å². The summed E-state index contributed by atoms with van der Waals surface area (Å²) in [5, 5.41) is 3.32. The first-order valence-electron chi connectivity index (χ1n) is 12.1. The monoisotopic (exact) mass is 452 g/mol. The molecule has 176 valence electrons. The van der Waals surface area contributed by atoms with E-state index in [0.717, 1.165) is 50.9 Å². The molecule has 5 rings (SSSR count). The van der Waals surface area contributed by atoms with Gasteiger partial charge in [0.1, 0.15) is 5.82 Å². The average Bonchev–Trinajstić information content (AvgIpc) is 3.24. The van der Waals surface area contributed by atoms with Crippen molar-refractivity contribution < 1.29 is 9.18 Å². The predicted octanol–water partition coefficient (Wildman–Crippen LogP) is 2.64. The number of hydrogen-bond acceptors (Lipinski definition) is 6. The van der Waals surface area contributed by atoms with Crippen LogP contribution in [0.15, 0.2) is 36.7 Å². The van der Waals surface area contributed by atoms with Crippen LogP contribution in [-0.4, -0.2) is 45.9 Å². The Kier molecular flexibility index (Phi) is 6.66. The van der Waals surface area contributed by atoms with Crippen molar-refractivity contribution in [3.8, 4) is 0 Å². The Balaban J connectivity index is 1.18. The molecular formula is C25H33FN6O. The van der Waals surface area contributed by atoms with E-state index in [2.05, 4.69) is 43.2 Å². The maximum atomic E-state index is 14.0. The molecule has 1 aliphatic carbocycles. The van der Waals surface area contributed by atoms with Gasteiger partial charge < -0.3 is 5.32 Å². The molecule has 0 spiro atoms. The number of aromatic nitrogens is 2. The van der Waals surface area contributed by atoms with Gasteiger partial charge >= 0.3 is 0 Å². The van der Waals surface area contributed by atoms with Gasteiger partial charge in [-0.2, -0.15) is 0 Å². The van der Waals surface area contributed by atoms with E-state index in [1.807, 2.05) is 13.1 Å². The Bertz CT molecular complexity index is 987. The molecule has 5 atom stereocenters. The van der Waals surface area contributed by atoms with Gasteiger partial charge in [-0.25, -0.2) is 9.82 Å². The average molecular weight is 453 g/mol. The van der Waals surface area contributed by atoms with E-state index in [-0.39, 0.29) is 29.7 Å². The largest absolute Gasteiger partial charge is 0.352 e. The van der Waals surface area contributed by atoms with Crippen molar-refractivity contribution in [2.24, 2.45) is 11.8 Å². The summed E-state index contributed by atoms with van der Waals surface area (Å²) in [5.74, 6) is 0.312. The van der Waals surface area contributed by atoms with Crippen molar-refractivity contribution in [3.05, 3.63) is 59.4 Å². The van der Waals surface area contributed by atoms with Gasteiger partial charge in [0.15, 0.2) is 0 Å². The van der Waals surface area contributed by atoms with Crippen molar-refractivity contribution in [2.75, 3.05) is 13.1 Å². The van der Waals surface area contributed by atoms with E-state index in [1.54, 1.807) is 12.3 Å². The van der Waals surface area contributed by atoms with Gasteiger partial charge in [0.05, 0.1) is 11.7 Å². The molecule has 2 aromatic rings. The number of nitrogens with one attached hydrogen (secondary N) is 3. The molecule has 2 saturated heterocycles. The predicted molar refractivity (Wildman–Crippen MR) is 123 cm³/mol. The molecule has 1 saturated carbocycles. The van der Waals surface area contributed by atoms with Gasteiger partial charge in [-0.3, -0.25) is 25.1 Å². The number of hydrazine groups is 1. The van der Waals surface area contributed by atoms with Crippen LogP contribution in [0, 0.1) is 24.6 Å². The van der Waals surface area contributed by atoms with Crippen molar-refractivity contribution in [2.45, 2.75) is 63.7 Å². The standard InChI is InChI=1S/C25H33FN6O/c1-16-12-17(8-10-27-16)24-20-13-18(6-7-22(20)30-31-24)25(33)29-19-4-3-11-32(14-19)15-23-21(26)5-2-9-28-23/h2,5,8-10,12,18-20,22,24,30-31H,3-4,6-7,11,13-15H2,1H3,(H,29,33)/t18?,19-,20?,22?,24?/m1/s1. The number of amides is 1. The summed E-state index contributed by atoms with van der Waals surface area (Å²) in [6, 6.07) is 7.97. The van der Waals surface area contributed by atoms with Crippen LogP contribution in [0.1, 0.15) is 55.1 Å². The molecule has 3 fully saturated rings. The number of rotatable bonds is 5. The number of carbonyl (C=O) groups is 1. The van der Waals surface area contributed by atoms with Crippen molar-refractivity contribution in [1.82, 2.24) is 31.0 Å². The van der Waals surface area contributed by atoms with Crippen LogP contribution in [0.2, 0.25) is 0 Å². The van der Waals surface area contributed by atoms with E-state index in [9.17, 15) is 9.18 Å². The Morgan fingerprint density at radius 3 is 2.97 bits per heavy atom. The van der Waals surface area contributed by atoms with Crippen LogP contribution in [0.5, 0.6) is 0 Å². The number of carbonyl (C=O) groups excluding carboxylic acids is 1. The minimum Gasteiger partial charge on any atom is -0.352 e. The zero-order valence-electron chi connectivity index (χ0n) is 19.1. The Morgan fingerprint density at radius 1 is 1.21 bits per heavy atom. The summed E-state index contributed by atoms with van der Waals surface area (Å²) in [6.07, 6.45) is 8.22. The van der Waals surface area contributed by atoms with Gasteiger partial charge in [0, 0.05) is 49.2 Å². The minimum absolute atomic E-state index is 0.0296. The molecule has 4 unspecified atom stereocenters. The number of likely N-dealkylation sites (tertiary alicyclic amines) is 1. The molecular weight excluding hydrogens is 419 g/mol. The second-order valence-corrected chi connectivity index (χ2v) is 9.79. The first-order valence-corrected chi connectivity index (χ1v) is 12.1. The van der Waals surface area contributed by atoms with E-state index >= 15 is 0 Å². The second kappa shape index (κ2) is 9.83. The van der Waals surface area contributed by atoms with Gasteiger partial charge in [-0.05, 0) is 81.3 Å². The van der Waals surface area contributed by atoms with E-state index in [4.69, 9.17) is 0 Å². The summed E-state index contributed by atoms with van der Waals surface area (Å²) in [6.45, 7) is 4.13. The first-order chi connectivity index (χ1) is 16.1. The van der Waals surface area contributed by atoms with Crippen LogP contribution in [0.25, 0.3) is 0 Å². The first kappa shape index (κ1) is 22.4. The van der Waals surface area contributed by atoms with Crippen molar-refractivity contribution >= 4 is 5.91 Å². The van der Waals surface area contributed by atoms with Crippen molar-refractivity contribution in [3.63, 3.8) is 0 Å². The minimum atomic E-state index is -0.266. The molecule has 0 aromatic carbocycles. The van der Waals surface area contributed by atoms with E-state index < -0.39 is 0 Å². The Labute approximate surface area is 194 Å². The molecule has 8 heteroatoms. The topological polar surface area (TPSA) is 82.2 Å². The third kappa shape index (κ3) is 5.08. The number of aryl methyl sites for hydroxylation is 1. The van der Waals surface area contributed by atoms with Crippen LogP contribution in [0.3, 0.4) is 0 Å². The lowest BCUT2D eigenvalue weighted by molar-refractivity contribution is -0.127. The lowest BCUT2D eigenvalue weighted by Gasteiger charge is -2.36. The van der Waals surface area contributed by atoms with Crippen molar-refractivity contribution in [1.29, 1.82) is 0 Å². The summed E-state index contributed by atoms with van der Waals surface area (Å²) in [7, 11) is 0. The molecule has 2 aromatic heterocycles. The maximum absolute atomic E-state index is 14.0. The lowest BCUT2D eigenvalue weighted by Crippen LogP contribution is -2.50. The van der Waals surface area contributed by atoms with Gasteiger partial charge in [0.25, 0.3) is 0 Å². The number of pyridine rings is 2. The molecule has 1 amide bonds. The number of piperidine rings is 1. The fraction of sp³-hybridized carbons (Fsp3) is 0.560. The van der Waals surface area contributed by atoms with Crippen LogP contribution in [-0.2, 0) is 11.3 Å². The number of hydrogen-bond donors (Lipinski definition) is 3.